The van der Waals surface area contributed by atoms with Gasteiger partial charge in [-0.3, -0.25) is 4.98 Å². The summed E-state index contributed by atoms with van der Waals surface area (Å²) in [5.41, 5.74) is 1.14. The molecule has 0 bridgehead atoms. The van der Waals surface area contributed by atoms with E-state index in [4.69, 9.17) is 4.74 Å². The molecule has 2 heterocycles. The second kappa shape index (κ2) is 6.20. The van der Waals surface area contributed by atoms with Crippen molar-refractivity contribution in [3.8, 4) is 5.75 Å². The van der Waals surface area contributed by atoms with Crippen molar-refractivity contribution in [3.05, 3.63) is 30.1 Å². The molecule has 1 saturated carbocycles. The highest BCUT2D eigenvalue weighted by Gasteiger charge is 2.21. The highest BCUT2D eigenvalue weighted by atomic mass is 16.5. The molecule has 3 rings (SSSR count). The Labute approximate surface area is 115 Å². The first-order valence-corrected chi connectivity index (χ1v) is 7.37. The molecule has 1 saturated heterocycles. The Kier molecular flexibility index (Phi) is 4.13. The molecule has 0 aromatic carbocycles. The molecule has 0 amide bonds. The van der Waals surface area contributed by atoms with E-state index in [-0.39, 0.29) is 0 Å². The molecule has 19 heavy (non-hydrogen) atoms. The van der Waals surface area contributed by atoms with Crippen LogP contribution in [0.5, 0.6) is 5.75 Å². The van der Waals surface area contributed by atoms with Crippen LogP contribution in [0.3, 0.4) is 0 Å². The lowest BCUT2D eigenvalue weighted by Crippen LogP contribution is -2.28. The van der Waals surface area contributed by atoms with Gasteiger partial charge in [0.2, 0.25) is 0 Å². The van der Waals surface area contributed by atoms with E-state index in [9.17, 15) is 0 Å². The lowest BCUT2D eigenvalue weighted by atomic mass is 9.98. The molecular weight excluding hydrogens is 236 g/mol. The molecule has 1 aliphatic carbocycles. The number of hydrogen-bond donors (Lipinski definition) is 1. The number of pyridine rings is 1. The summed E-state index contributed by atoms with van der Waals surface area (Å²) < 4.78 is 5.75. The maximum absolute atomic E-state index is 5.75. The van der Waals surface area contributed by atoms with E-state index in [1.54, 1.807) is 0 Å². The van der Waals surface area contributed by atoms with Crippen molar-refractivity contribution in [2.45, 2.75) is 25.7 Å². The monoisotopic (exact) mass is 258 g/mol. The average Bonchev–Trinajstić information content (AvgIpc) is 3.29. The second-order valence-electron chi connectivity index (χ2n) is 5.67. The number of piperidine rings is 1. The minimum absolute atomic E-state index is 0.657. The quantitative estimate of drug-likeness (QED) is 0.882. The van der Waals surface area contributed by atoms with Gasteiger partial charge in [0.25, 0.3) is 0 Å². The van der Waals surface area contributed by atoms with Crippen molar-refractivity contribution < 1.29 is 4.74 Å². The van der Waals surface area contributed by atoms with Crippen LogP contribution < -0.4 is 10.1 Å². The van der Waals surface area contributed by atoms with Gasteiger partial charge >= 0.3 is 0 Å². The van der Waals surface area contributed by atoms with Crippen molar-refractivity contribution in [2.24, 2.45) is 11.8 Å². The van der Waals surface area contributed by atoms with Gasteiger partial charge in [0, 0.05) is 12.7 Å². The van der Waals surface area contributed by atoms with Crippen LogP contribution >= 0.6 is 0 Å². The summed E-state index contributed by atoms with van der Waals surface area (Å²) in [6, 6.07) is 2.09. The Morgan fingerprint density at radius 3 is 3.05 bits per heavy atom. The van der Waals surface area contributed by atoms with Gasteiger partial charge < -0.3 is 10.1 Å². The number of hydrogen-bond acceptors (Lipinski definition) is 3. The molecule has 0 radical (unpaired) electrons. The van der Waals surface area contributed by atoms with Crippen LogP contribution in [-0.2, 0) is 0 Å². The highest BCUT2D eigenvalue weighted by molar-refractivity contribution is 5.50. The van der Waals surface area contributed by atoms with Gasteiger partial charge in [-0.15, -0.1) is 0 Å². The van der Waals surface area contributed by atoms with Crippen LogP contribution in [0, 0.1) is 11.8 Å². The van der Waals surface area contributed by atoms with E-state index >= 15 is 0 Å². The first kappa shape index (κ1) is 12.7. The van der Waals surface area contributed by atoms with Gasteiger partial charge in [-0.2, -0.15) is 0 Å². The standard InChI is InChI=1S/C16H22N2O/c1-2-13(9-17-7-1)3-6-15-8-16(11-18-10-15)19-12-14-4-5-14/h3,6,8,10-11,13-14,17H,1-2,4-5,7,9,12H2/b6-3+/t13-/m1/s1. The molecule has 3 heteroatoms. The third-order valence-electron chi connectivity index (χ3n) is 3.81. The highest BCUT2D eigenvalue weighted by Crippen LogP contribution is 2.29. The molecule has 1 aromatic rings. The molecule has 1 aromatic heterocycles. The fourth-order valence-electron chi connectivity index (χ4n) is 2.39. The summed E-state index contributed by atoms with van der Waals surface area (Å²) in [6.45, 7) is 3.11. The van der Waals surface area contributed by atoms with Crippen LogP contribution in [0.4, 0.5) is 0 Å². The van der Waals surface area contributed by atoms with E-state index < -0.39 is 0 Å². The molecule has 3 nitrogen and oxygen atoms in total. The zero-order valence-electron chi connectivity index (χ0n) is 11.3. The first-order valence-electron chi connectivity index (χ1n) is 7.37. The van der Waals surface area contributed by atoms with Crippen LogP contribution in [0.1, 0.15) is 31.2 Å². The summed E-state index contributed by atoms with van der Waals surface area (Å²) in [6.07, 6.45) is 13.4. The number of aromatic nitrogens is 1. The smallest absolute Gasteiger partial charge is 0.138 e. The van der Waals surface area contributed by atoms with Crippen LogP contribution in [-0.4, -0.2) is 24.7 Å². The normalized spacial score (nSPS) is 23.7. The first-order chi connectivity index (χ1) is 9.40. The van der Waals surface area contributed by atoms with Gasteiger partial charge in [-0.05, 0) is 55.7 Å². The minimum atomic E-state index is 0.657. The number of rotatable bonds is 5. The Morgan fingerprint density at radius 2 is 2.26 bits per heavy atom. The molecule has 1 aliphatic heterocycles. The molecule has 0 unspecified atom stereocenters. The van der Waals surface area contributed by atoms with Crippen molar-refractivity contribution in [2.75, 3.05) is 19.7 Å². The number of ether oxygens (including phenoxy) is 1. The molecule has 102 valence electrons. The third kappa shape index (κ3) is 4.06. The maximum atomic E-state index is 5.75. The van der Waals surface area contributed by atoms with E-state index in [0.717, 1.165) is 36.9 Å². The van der Waals surface area contributed by atoms with E-state index in [1.807, 2.05) is 12.4 Å². The molecule has 1 N–H and O–H groups in total. The fourth-order valence-corrected chi connectivity index (χ4v) is 2.39. The molecule has 2 fully saturated rings. The predicted molar refractivity (Wildman–Crippen MR) is 77.1 cm³/mol. The van der Waals surface area contributed by atoms with Gasteiger partial charge in [0.1, 0.15) is 5.75 Å². The number of nitrogens with one attached hydrogen (secondary N) is 1. The Morgan fingerprint density at radius 1 is 1.32 bits per heavy atom. The summed E-state index contributed by atoms with van der Waals surface area (Å²) in [5.74, 6) is 2.34. The lowest BCUT2D eigenvalue weighted by molar-refractivity contribution is 0.298. The Balaban J connectivity index is 1.56. The van der Waals surface area contributed by atoms with Gasteiger partial charge in [0.05, 0.1) is 12.8 Å². The van der Waals surface area contributed by atoms with Gasteiger partial charge in [0.15, 0.2) is 0 Å². The largest absolute Gasteiger partial charge is 0.492 e. The second-order valence-corrected chi connectivity index (χ2v) is 5.67. The van der Waals surface area contributed by atoms with Crippen molar-refractivity contribution in [1.82, 2.24) is 10.3 Å². The fraction of sp³-hybridized carbons (Fsp3) is 0.562. The number of nitrogens with zero attached hydrogens (tertiary/aromatic N) is 1. The molecule has 1 atom stereocenters. The van der Waals surface area contributed by atoms with Crippen molar-refractivity contribution in [3.63, 3.8) is 0 Å². The maximum Gasteiger partial charge on any atom is 0.138 e. The summed E-state index contributed by atoms with van der Waals surface area (Å²) in [7, 11) is 0. The van der Waals surface area contributed by atoms with Crippen LogP contribution in [0.15, 0.2) is 24.5 Å². The van der Waals surface area contributed by atoms with E-state index in [0.29, 0.717) is 5.92 Å². The average molecular weight is 258 g/mol. The SMILES string of the molecule is C(=C\[C@H]1CCCNC1)/c1cncc(OCC2CC2)c1. The third-order valence-corrected chi connectivity index (χ3v) is 3.81. The van der Waals surface area contributed by atoms with Crippen LogP contribution in [0.25, 0.3) is 6.08 Å². The molecular formula is C16H22N2O. The van der Waals surface area contributed by atoms with Gasteiger partial charge in [-0.25, -0.2) is 0 Å². The van der Waals surface area contributed by atoms with Gasteiger partial charge in [-0.1, -0.05) is 12.2 Å². The topological polar surface area (TPSA) is 34.2 Å². The van der Waals surface area contributed by atoms with Crippen molar-refractivity contribution in [1.29, 1.82) is 0 Å². The Hall–Kier alpha value is -1.35. The van der Waals surface area contributed by atoms with Crippen LogP contribution in [0.2, 0.25) is 0 Å². The molecule has 0 spiro atoms. The Bertz CT molecular complexity index is 434. The van der Waals surface area contributed by atoms with E-state index in [2.05, 4.69) is 28.5 Å². The van der Waals surface area contributed by atoms with E-state index in [1.165, 1.54) is 25.7 Å². The zero-order chi connectivity index (χ0) is 12.9. The summed E-state index contributed by atoms with van der Waals surface area (Å²) >= 11 is 0. The lowest BCUT2D eigenvalue weighted by Gasteiger charge is -2.19. The molecule has 2 aliphatic rings. The predicted octanol–water partition coefficient (Wildman–Crippen LogP) is 2.88. The summed E-state index contributed by atoms with van der Waals surface area (Å²) in [5, 5.41) is 3.43. The zero-order valence-corrected chi connectivity index (χ0v) is 11.3. The minimum Gasteiger partial charge on any atom is -0.492 e. The summed E-state index contributed by atoms with van der Waals surface area (Å²) in [4.78, 5) is 4.25. The van der Waals surface area contributed by atoms with Crippen molar-refractivity contribution >= 4 is 6.08 Å².